The molecule has 0 aromatic heterocycles. The summed E-state index contributed by atoms with van der Waals surface area (Å²) in [4.78, 5) is 0. The molecule has 0 aliphatic carbocycles. The number of hydrogen-bond donors (Lipinski definition) is 0. The van der Waals surface area contributed by atoms with Crippen LogP contribution in [0.5, 0.6) is 0 Å². The van der Waals surface area contributed by atoms with E-state index in [4.69, 9.17) is 0 Å². The van der Waals surface area contributed by atoms with E-state index in [0.29, 0.717) is 0 Å². The Kier molecular flexibility index (Phi) is 1620. The van der Waals surface area contributed by atoms with Crippen LogP contribution in [-0.2, 0) is 0 Å². The molecule has 0 fully saturated rings. The monoisotopic (exact) mass is 102 g/mol. The van der Waals surface area contributed by atoms with Crippen LogP contribution in [0.25, 0.3) is 0 Å². The minimum absolute atomic E-state index is 0. The molecule has 0 radical (unpaired) electrons. The van der Waals surface area contributed by atoms with Gasteiger partial charge in [-0.15, -0.1) is 6.58 Å². The van der Waals surface area contributed by atoms with Crippen LogP contribution in [0.2, 0.25) is 0 Å². The molecule has 0 bridgehead atoms. The SMILES string of the molecule is C=CC.F.F.F. The average Bonchev–Trinajstić information content (AvgIpc) is 0.918. The predicted molar refractivity (Wildman–Crippen MR) is 23.4 cm³/mol. The van der Waals surface area contributed by atoms with Crippen LogP contribution in [0.3, 0.4) is 0 Å². The van der Waals surface area contributed by atoms with Crippen LogP contribution in [0, 0.1) is 0 Å². The molecule has 0 atom stereocenters. The lowest BCUT2D eigenvalue weighted by atomic mass is 10.8. The van der Waals surface area contributed by atoms with E-state index >= 15 is 0 Å². The molecule has 0 saturated carbocycles. The molecular weight excluding hydrogens is 93.0 g/mol. The van der Waals surface area contributed by atoms with Gasteiger partial charge >= 0.3 is 0 Å². The molecule has 0 nitrogen and oxygen atoms in total. The third-order valence-electron chi connectivity index (χ3n) is 0. The van der Waals surface area contributed by atoms with Crippen LogP contribution in [0.4, 0.5) is 14.1 Å². The lowest BCUT2D eigenvalue weighted by molar-refractivity contribution is 1.11. The molecule has 0 spiro atoms. The van der Waals surface area contributed by atoms with E-state index in [-0.39, 0.29) is 14.1 Å². The maximum Gasteiger partial charge on any atom is -0.0473 e. The van der Waals surface area contributed by atoms with E-state index in [1.54, 1.807) is 6.08 Å². The average molecular weight is 102 g/mol. The fourth-order valence-corrected chi connectivity index (χ4v) is 0. The second-order valence-corrected chi connectivity index (χ2v) is 0.408. The van der Waals surface area contributed by atoms with Crippen LogP contribution in [0.15, 0.2) is 12.7 Å². The van der Waals surface area contributed by atoms with Crippen molar-refractivity contribution in [1.29, 1.82) is 0 Å². The van der Waals surface area contributed by atoms with Gasteiger partial charge in [-0.2, -0.15) is 0 Å². The first-order chi connectivity index (χ1) is 1.41. The smallest absolute Gasteiger partial charge is 0.0473 e. The van der Waals surface area contributed by atoms with Gasteiger partial charge in [-0.05, 0) is 6.92 Å². The summed E-state index contributed by atoms with van der Waals surface area (Å²) in [7, 11) is 0. The first-order valence-electron chi connectivity index (χ1n) is 0.986. The zero-order valence-electron chi connectivity index (χ0n) is 3.51. The van der Waals surface area contributed by atoms with Gasteiger partial charge in [-0.3, -0.25) is 14.1 Å². The quantitative estimate of drug-likeness (QED) is 0.408. The Balaban J connectivity index is -0.00000000667. The molecule has 3 heteroatoms. The fraction of sp³-hybridized carbons (Fsp3) is 0.333. The van der Waals surface area contributed by atoms with Gasteiger partial charge in [0.05, 0.1) is 0 Å². The maximum absolute atomic E-state index is 3.36. The number of hydrogen-bond acceptors (Lipinski definition) is 0. The lowest BCUT2D eigenvalue weighted by Crippen LogP contribution is -1.07. The molecule has 0 aromatic rings. The van der Waals surface area contributed by atoms with Gasteiger partial charge in [0.15, 0.2) is 0 Å². The first-order valence-corrected chi connectivity index (χ1v) is 0.986. The topological polar surface area (TPSA) is 0 Å². The van der Waals surface area contributed by atoms with Crippen LogP contribution < -0.4 is 0 Å². The summed E-state index contributed by atoms with van der Waals surface area (Å²) >= 11 is 0. The molecule has 0 rings (SSSR count). The van der Waals surface area contributed by atoms with Crippen molar-refractivity contribution in [1.82, 2.24) is 0 Å². The standard InChI is InChI=1S/C3H6.3FH/c1-3-2;;;/h3H,1H2,2H3;3*1H. The van der Waals surface area contributed by atoms with Crippen molar-refractivity contribution in [3.8, 4) is 0 Å². The molecule has 0 saturated heterocycles. The molecule has 0 amide bonds. The normalized spacial score (nSPS) is 2.17. The van der Waals surface area contributed by atoms with Gasteiger partial charge in [0.25, 0.3) is 0 Å². The summed E-state index contributed by atoms with van der Waals surface area (Å²) in [6.07, 6.45) is 1.75. The Morgan fingerprint density at radius 3 is 1.17 bits per heavy atom. The Morgan fingerprint density at radius 2 is 1.17 bits per heavy atom. The lowest BCUT2D eigenvalue weighted by Gasteiger charge is -1.31. The molecule has 6 heavy (non-hydrogen) atoms. The van der Waals surface area contributed by atoms with E-state index < -0.39 is 0 Å². The van der Waals surface area contributed by atoms with E-state index in [1.165, 1.54) is 0 Å². The Morgan fingerprint density at radius 1 is 1.17 bits per heavy atom. The zero-order valence-corrected chi connectivity index (χ0v) is 3.51. The van der Waals surface area contributed by atoms with Crippen molar-refractivity contribution < 1.29 is 14.1 Å². The number of halogens is 3. The van der Waals surface area contributed by atoms with Gasteiger partial charge < -0.3 is 0 Å². The largest absolute Gasteiger partial charge is 0.269 e. The van der Waals surface area contributed by atoms with E-state index in [0.717, 1.165) is 0 Å². The van der Waals surface area contributed by atoms with Gasteiger partial charge in [0.1, 0.15) is 0 Å². The van der Waals surface area contributed by atoms with E-state index in [2.05, 4.69) is 6.58 Å². The molecule has 0 aliphatic rings. The molecule has 42 valence electrons. The first kappa shape index (κ1) is 48.5. The maximum atomic E-state index is 3.36. The minimum Gasteiger partial charge on any atom is -0.269 e. The van der Waals surface area contributed by atoms with Crippen LogP contribution in [-0.4, -0.2) is 0 Å². The molecule has 0 aromatic carbocycles. The van der Waals surface area contributed by atoms with Crippen LogP contribution >= 0.6 is 0 Å². The molecule has 0 heterocycles. The fourth-order valence-electron chi connectivity index (χ4n) is 0. The molecule has 0 N–H and O–H groups in total. The van der Waals surface area contributed by atoms with Gasteiger partial charge in [-0.1, -0.05) is 6.08 Å². The summed E-state index contributed by atoms with van der Waals surface area (Å²) in [5, 5.41) is 0. The van der Waals surface area contributed by atoms with Crippen molar-refractivity contribution >= 4 is 0 Å². The van der Waals surface area contributed by atoms with Crippen LogP contribution in [0.1, 0.15) is 6.92 Å². The predicted octanol–water partition coefficient (Wildman–Crippen LogP) is 1.65. The Labute approximate surface area is 35.0 Å². The second-order valence-electron chi connectivity index (χ2n) is 0.408. The van der Waals surface area contributed by atoms with E-state index in [9.17, 15) is 0 Å². The summed E-state index contributed by atoms with van der Waals surface area (Å²) in [6, 6.07) is 0. The van der Waals surface area contributed by atoms with E-state index in [1.807, 2.05) is 6.92 Å². The van der Waals surface area contributed by atoms with Gasteiger partial charge in [-0.25, -0.2) is 0 Å². The third-order valence-corrected chi connectivity index (χ3v) is 0. The second kappa shape index (κ2) is 201. The highest BCUT2D eigenvalue weighted by atomic mass is 19.0. The third kappa shape index (κ3) is 102. The van der Waals surface area contributed by atoms with Gasteiger partial charge in [0, 0.05) is 0 Å². The minimum atomic E-state index is 0. The highest BCUT2D eigenvalue weighted by Gasteiger charge is 1.15. The Bertz CT molecular complexity index is 13.5. The number of rotatable bonds is 0. The highest BCUT2D eigenvalue weighted by molar-refractivity contribution is 4.51. The van der Waals surface area contributed by atoms with Crippen molar-refractivity contribution in [3.05, 3.63) is 12.7 Å². The molecule has 0 aliphatic heterocycles. The van der Waals surface area contributed by atoms with Crippen molar-refractivity contribution in [2.75, 3.05) is 0 Å². The summed E-state index contributed by atoms with van der Waals surface area (Å²) in [6.45, 7) is 5.25. The Hall–Kier alpha value is -0.470. The highest BCUT2D eigenvalue weighted by Crippen LogP contribution is 1.38. The summed E-state index contributed by atoms with van der Waals surface area (Å²) in [5.74, 6) is 0. The molecular formula is C3H9F3. The number of allylic oxidation sites excluding steroid dienone is 1. The summed E-state index contributed by atoms with van der Waals surface area (Å²) in [5.41, 5.74) is 0. The van der Waals surface area contributed by atoms with Crippen molar-refractivity contribution in [3.63, 3.8) is 0 Å². The van der Waals surface area contributed by atoms with Crippen molar-refractivity contribution in [2.24, 2.45) is 0 Å². The summed E-state index contributed by atoms with van der Waals surface area (Å²) < 4.78 is 0. The molecule has 0 unspecified atom stereocenters. The van der Waals surface area contributed by atoms with Crippen molar-refractivity contribution in [2.45, 2.75) is 6.92 Å². The van der Waals surface area contributed by atoms with Gasteiger partial charge in [0.2, 0.25) is 0 Å². The zero-order chi connectivity index (χ0) is 2.71.